The fourth-order valence-electron chi connectivity index (χ4n) is 0.798. The monoisotopic (exact) mass is 185 g/mol. The molecule has 0 saturated heterocycles. The quantitative estimate of drug-likeness (QED) is 0.685. The second-order valence-corrected chi connectivity index (χ2v) is 2.22. The number of halogens is 1. The Morgan fingerprint density at radius 3 is 2.54 bits per heavy atom. The molecule has 0 aliphatic rings. The minimum atomic E-state index is -1.48. The Balaban J connectivity index is 3.41. The van der Waals surface area contributed by atoms with Crippen molar-refractivity contribution < 1.29 is 19.4 Å². The highest BCUT2D eigenvalue weighted by atomic mass is 19.1. The van der Waals surface area contributed by atoms with Gasteiger partial charge in [0, 0.05) is 6.07 Å². The van der Waals surface area contributed by atoms with E-state index in [0.29, 0.717) is 12.1 Å². The van der Waals surface area contributed by atoms with E-state index in [-0.39, 0.29) is 0 Å². The van der Waals surface area contributed by atoms with Crippen molar-refractivity contribution in [3.8, 4) is 5.75 Å². The van der Waals surface area contributed by atoms with Crippen molar-refractivity contribution in [1.82, 2.24) is 0 Å². The maximum absolute atomic E-state index is 12.6. The third-order valence-electron chi connectivity index (χ3n) is 1.39. The third kappa shape index (κ3) is 1.61. The third-order valence-corrected chi connectivity index (χ3v) is 1.39. The lowest BCUT2D eigenvalue weighted by Gasteiger charge is -1.99. The molecule has 5 nitrogen and oxygen atoms in total. The van der Waals surface area contributed by atoms with Crippen molar-refractivity contribution >= 4 is 11.7 Å². The van der Waals surface area contributed by atoms with Crippen LogP contribution < -0.4 is 0 Å². The van der Waals surface area contributed by atoms with Crippen LogP contribution in [0.3, 0.4) is 0 Å². The standard InChI is InChI=1S/C7H4FNO4/c8-4-1-3(7(11)12)5(9-13)2-6(4)10/h1-2,10H,(H,11,12). The number of carbonyl (C=O) groups is 1. The van der Waals surface area contributed by atoms with E-state index in [9.17, 15) is 14.1 Å². The molecule has 0 aliphatic heterocycles. The van der Waals surface area contributed by atoms with Crippen LogP contribution in [0.5, 0.6) is 5.75 Å². The first kappa shape index (κ1) is 9.11. The number of hydrogen-bond acceptors (Lipinski definition) is 4. The normalized spacial score (nSPS) is 9.62. The summed E-state index contributed by atoms with van der Waals surface area (Å²) in [6, 6.07) is 1.19. The molecule has 1 aromatic rings. The summed E-state index contributed by atoms with van der Waals surface area (Å²) >= 11 is 0. The van der Waals surface area contributed by atoms with Gasteiger partial charge in [-0.1, -0.05) is 0 Å². The van der Waals surface area contributed by atoms with Gasteiger partial charge in [-0.3, -0.25) is 0 Å². The van der Waals surface area contributed by atoms with E-state index >= 15 is 0 Å². The Morgan fingerprint density at radius 1 is 1.46 bits per heavy atom. The van der Waals surface area contributed by atoms with Crippen molar-refractivity contribution in [3.05, 3.63) is 28.4 Å². The Labute approximate surface area is 71.4 Å². The van der Waals surface area contributed by atoms with Gasteiger partial charge in [-0.25, -0.2) is 9.18 Å². The number of nitroso groups, excluding NO2 is 1. The Hall–Kier alpha value is -1.98. The summed E-state index contributed by atoms with van der Waals surface area (Å²) < 4.78 is 12.6. The van der Waals surface area contributed by atoms with Gasteiger partial charge in [-0.15, -0.1) is 4.91 Å². The first-order valence-corrected chi connectivity index (χ1v) is 3.15. The molecule has 0 saturated carbocycles. The number of phenols is 1. The molecule has 0 aromatic heterocycles. The van der Waals surface area contributed by atoms with Crippen LogP contribution >= 0.6 is 0 Å². The number of hydrogen-bond donors (Lipinski definition) is 2. The Kier molecular flexibility index (Phi) is 2.23. The minimum absolute atomic E-state index is 0.508. The summed E-state index contributed by atoms with van der Waals surface area (Å²) in [5.41, 5.74) is -1.09. The lowest BCUT2D eigenvalue weighted by atomic mass is 10.1. The molecule has 0 fully saturated rings. The Bertz CT molecular complexity index is 377. The number of aromatic carboxylic acids is 1. The second-order valence-electron chi connectivity index (χ2n) is 2.22. The van der Waals surface area contributed by atoms with Gasteiger partial charge in [0.2, 0.25) is 0 Å². The molecule has 0 heterocycles. The van der Waals surface area contributed by atoms with E-state index in [4.69, 9.17) is 10.2 Å². The molecule has 0 aliphatic carbocycles. The molecule has 2 N–H and O–H groups in total. The fraction of sp³-hybridized carbons (Fsp3) is 0. The van der Waals surface area contributed by atoms with Crippen LogP contribution in [0.4, 0.5) is 10.1 Å². The van der Waals surface area contributed by atoms with Crippen LogP contribution in [-0.4, -0.2) is 16.2 Å². The zero-order valence-electron chi connectivity index (χ0n) is 6.19. The fourth-order valence-corrected chi connectivity index (χ4v) is 0.798. The van der Waals surface area contributed by atoms with Crippen LogP contribution in [0.1, 0.15) is 10.4 Å². The zero-order chi connectivity index (χ0) is 10.0. The molecular weight excluding hydrogens is 181 g/mol. The smallest absolute Gasteiger partial charge is 0.338 e. The molecular formula is C7H4FNO4. The van der Waals surface area contributed by atoms with Crippen molar-refractivity contribution in [3.63, 3.8) is 0 Å². The number of phenolic OH excluding ortho intramolecular Hbond substituents is 1. The predicted octanol–water partition coefficient (Wildman–Crippen LogP) is 1.63. The molecule has 68 valence electrons. The van der Waals surface area contributed by atoms with Crippen LogP contribution in [-0.2, 0) is 0 Å². The number of nitrogens with zero attached hydrogens (tertiary/aromatic N) is 1. The summed E-state index contributed by atoms with van der Waals surface area (Å²) in [6.45, 7) is 0. The average molecular weight is 185 g/mol. The minimum Gasteiger partial charge on any atom is -0.505 e. The van der Waals surface area contributed by atoms with E-state index in [1.807, 2.05) is 0 Å². The molecule has 1 rings (SSSR count). The zero-order valence-corrected chi connectivity index (χ0v) is 6.19. The molecule has 0 unspecified atom stereocenters. The maximum Gasteiger partial charge on any atom is 0.338 e. The lowest BCUT2D eigenvalue weighted by Crippen LogP contribution is -1.97. The van der Waals surface area contributed by atoms with Crippen LogP contribution in [0.15, 0.2) is 17.3 Å². The SMILES string of the molecule is O=Nc1cc(O)c(F)cc1C(=O)O. The lowest BCUT2D eigenvalue weighted by molar-refractivity contribution is 0.0697. The van der Waals surface area contributed by atoms with Gasteiger partial charge in [0.15, 0.2) is 11.6 Å². The van der Waals surface area contributed by atoms with Crippen LogP contribution in [0, 0.1) is 10.7 Å². The van der Waals surface area contributed by atoms with Crippen LogP contribution in [0.25, 0.3) is 0 Å². The highest BCUT2D eigenvalue weighted by Gasteiger charge is 2.14. The molecule has 0 spiro atoms. The van der Waals surface area contributed by atoms with Gasteiger partial charge in [0.25, 0.3) is 0 Å². The van der Waals surface area contributed by atoms with Gasteiger partial charge in [0.05, 0.1) is 5.56 Å². The molecule has 0 amide bonds. The van der Waals surface area contributed by atoms with E-state index in [2.05, 4.69) is 5.18 Å². The number of benzene rings is 1. The highest BCUT2D eigenvalue weighted by molar-refractivity contribution is 5.93. The first-order valence-electron chi connectivity index (χ1n) is 3.15. The summed E-state index contributed by atoms with van der Waals surface area (Å²) in [5, 5.41) is 19.6. The van der Waals surface area contributed by atoms with Crippen molar-refractivity contribution in [1.29, 1.82) is 0 Å². The molecule has 1 aromatic carbocycles. The summed E-state index contributed by atoms with van der Waals surface area (Å²) in [7, 11) is 0. The predicted molar refractivity (Wildman–Crippen MR) is 40.5 cm³/mol. The Morgan fingerprint density at radius 2 is 2.08 bits per heavy atom. The van der Waals surface area contributed by atoms with Crippen LogP contribution in [0.2, 0.25) is 0 Å². The summed E-state index contributed by atoms with van der Waals surface area (Å²) in [5.74, 6) is -3.39. The van der Waals surface area contributed by atoms with Gasteiger partial charge in [0.1, 0.15) is 5.69 Å². The van der Waals surface area contributed by atoms with E-state index in [1.54, 1.807) is 0 Å². The average Bonchev–Trinajstić information content (AvgIpc) is 2.08. The van der Waals surface area contributed by atoms with Gasteiger partial charge in [-0.2, -0.15) is 0 Å². The van der Waals surface area contributed by atoms with E-state index in [0.717, 1.165) is 0 Å². The van der Waals surface area contributed by atoms with Gasteiger partial charge >= 0.3 is 5.97 Å². The summed E-state index contributed by atoms with van der Waals surface area (Å²) in [6.07, 6.45) is 0. The molecule has 0 atom stereocenters. The van der Waals surface area contributed by atoms with E-state index in [1.165, 1.54) is 0 Å². The number of aromatic hydroxyl groups is 1. The highest BCUT2D eigenvalue weighted by Crippen LogP contribution is 2.27. The largest absolute Gasteiger partial charge is 0.505 e. The topological polar surface area (TPSA) is 87.0 Å². The number of rotatable bonds is 2. The van der Waals surface area contributed by atoms with E-state index < -0.39 is 28.8 Å². The van der Waals surface area contributed by atoms with Gasteiger partial charge in [-0.05, 0) is 11.2 Å². The van der Waals surface area contributed by atoms with Crippen molar-refractivity contribution in [2.75, 3.05) is 0 Å². The number of carboxylic acid groups (broad SMARTS) is 1. The second kappa shape index (κ2) is 3.18. The number of carboxylic acids is 1. The van der Waals surface area contributed by atoms with Crippen molar-refractivity contribution in [2.24, 2.45) is 5.18 Å². The first-order chi connectivity index (χ1) is 6.06. The summed E-state index contributed by atoms with van der Waals surface area (Å²) in [4.78, 5) is 20.4. The van der Waals surface area contributed by atoms with Crippen molar-refractivity contribution in [2.45, 2.75) is 0 Å². The van der Waals surface area contributed by atoms with Gasteiger partial charge < -0.3 is 10.2 Å². The molecule has 0 radical (unpaired) electrons. The molecule has 0 bridgehead atoms. The molecule has 6 heteroatoms. The maximum atomic E-state index is 12.6. The molecule has 13 heavy (non-hydrogen) atoms.